The topological polar surface area (TPSA) is 25.8 Å². The molecule has 0 unspecified atom stereocenters. The highest BCUT2D eigenvalue weighted by molar-refractivity contribution is 6.19. The molecule has 0 N–H and O–H groups in total. The number of fused-ring (bicyclic) bond motifs is 7. The molecule has 1 aromatic heterocycles. The van der Waals surface area contributed by atoms with Crippen LogP contribution in [0.3, 0.4) is 0 Å². The van der Waals surface area contributed by atoms with Crippen molar-refractivity contribution in [3.05, 3.63) is 205 Å². The number of rotatable bonds is 5. The minimum absolute atomic E-state index is 0.0996. The lowest BCUT2D eigenvalue weighted by Crippen LogP contribution is -2.14. The van der Waals surface area contributed by atoms with Crippen LogP contribution < -0.4 is 0 Å². The van der Waals surface area contributed by atoms with E-state index >= 15 is 0 Å². The molecule has 2 heteroatoms. The fraction of sp³-hybridized carbons (Fsp3) is 0.0545. The fourth-order valence-corrected chi connectivity index (χ4v) is 9.29. The Kier molecular flexibility index (Phi) is 7.55. The molecule has 0 amide bonds. The van der Waals surface area contributed by atoms with Gasteiger partial charge in [0.2, 0.25) is 0 Å². The first kappa shape index (κ1) is 33.2. The van der Waals surface area contributed by atoms with Gasteiger partial charge in [0.05, 0.1) is 11.4 Å². The highest BCUT2D eigenvalue weighted by Crippen LogP contribution is 2.53. The van der Waals surface area contributed by atoms with Crippen LogP contribution in [0.2, 0.25) is 0 Å². The highest BCUT2D eigenvalue weighted by Gasteiger charge is 2.36. The van der Waals surface area contributed by atoms with Crippen molar-refractivity contribution in [1.29, 1.82) is 0 Å². The summed E-state index contributed by atoms with van der Waals surface area (Å²) >= 11 is 0. The summed E-state index contributed by atoms with van der Waals surface area (Å²) in [5.74, 6) is 0.714. The third-order valence-electron chi connectivity index (χ3n) is 12.1. The van der Waals surface area contributed by atoms with Gasteiger partial charge in [-0.3, -0.25) is 0 Å². The predicted molar refractivity (Wildman–Crippen MR) is 239 cm³/mol. The van der Waals surface area contributed by atoms with E-state index in [4.69, 9.17) is 9.97 Å². The third-order valence-corrected chi connectivity index (χ3v) is 12.1. The maximum atomic E-state index is 5.59. The van der Waals surface area contributed by atoms with E-state index in [-0.39, 0.29) is 5.41 Å². The van der Waals surface area contributed by atoms with E-state index in [2.05, 4.69) is 208 Å². The summed E-state index contributed by atoms with van der Waals surface area (Å²) in [4.78, 5) is 11.1. The van der Waals surface area contributed by atoms with E-state index in [1.165, 1.54) is 60.5 Å². The van der Waals surface area contributed by atoms with Gasteiger partial charge in [0, 0.05) is 22.1 Å². The van der Waals surface area contributed by atoms with Gasteiger partial charge in [0.25, 0.3) is 0 Å². The molecular formula is C55H38N2. The van der Waals surface area contributed by atoms with Crippen molar-refractivity contribution < 1.29 is 0 Å². The van der Waals surface area contributed by atoms with E-state index in [1.807, 2.05) is 0 Å². The Morgan fingerprint density at radius 3 is 1.75 bits per heavy atom. The molecule has 0 saturated carbocycles. The predicted octanol–water partition coefficient (Wildman–Crippen LogP) is 14.6. The normalized spacial score (nSPS) is 12.9. The van der Waals surface area contributed by atoms with Gasteiger partial charge in [-0.15, -0.1) is 0 Å². The first-order valence-corrected chi connectivity index (χ1v) is 19.7. The zero-order chi connectivity index (χ0) is 38.1. The summed E-state index contributed by atoms with van der Waals surface area (Å²) in [5.41, 5.74) is 14.9. The van der Waals surface area contributed by atoms with Gasteiger partial charge < -0.3 is 0 Å². The second-order valence-electron chi connectivity index (χ2n) is 15.7. The van der Waals surface area contributed by atoms with Gasteiger partial charge in [0.1, 0.15) is 0 Å². The van der Waals surface area contributed by atoms with Crippen LogP contribution >= 0.6 is 0 Å². The Morgan fingerprint density at radius 2 is 0.930 bits per heavy atom. The van der Waals surface area contributed by atoms with Gasteiger partial charge in [-0.2, -0.15) is 0 Å². The quantitative estimate of drug-likeness (QED) is 0.130. The number of benzene rings is 9. The molecule has 11 rings (SSSR count). The minimum Gasteiger partial charge on any atom is -0.228 e. The molecule has 10 aromatic rings. The SMILES string of the molecule is CC1(C)c2ccccc2-c2c(-c3ccccc3-c3cc(-c4ccc(-c5ccccc5)cc4)nc(-c4c5ccccc5cc5c4ccc4ccccc45)n3)cccc21. The molecule has 0 spiro atoms. The van der Waals surface area contributed by atoms with Crippen molar-refractivity contribution in [3.63, 3.8) is 0 Å². The Balaban J connectivity index is 1.18. The van der Waals surface area contributed by atoms with Crippen LogP contribution in [0.4, 0.5) is 0 Å². The molecule has 0 bridgehead atoms. The summed E-state index contributed by atoms with van der Waals surface area (Å²) in [6.45, 7) is 4.69. The lowest BCUT2D eigenvalue weighted by molar-refractivity contribution is 0.660. The van der Waals surface area contributed by atoms with Crippen LogP contribution in [0, 0.1) is 0 Å². The molecule has 1 heterocycles. The number of aromatic nitrogens is 2. The largest absolute Gasteiger partial charge is 0.228 e. The highest BCUT2D eigenvalue weighted by atomic mass is 14.9. The molecule has 0 saturated heterocycles. The maximum Gasteiger partial charge on any atom is 0.161 e. The average molecular weight is 727 g/mol. The van der Waals surface area contributed by atoms with Gasteiger partial charge >= 0.3 is 0 Å². The van der Waals surface area contributed by atoms with Crippen molar-refractivity contribution in [2.75, 3.05) is 0 Å². The molecule has 268 valence electrons. The molecule has 1 aliphatic rings. The van der Waals surface area contributed by atoms with Crippen molar-refractivity contribution in [2.24, 2.45) is 0 Å². The lowest BCUT2D eigenvalue weighted by atomic mass is 9.81. The summed E-state index contributed by atoms with van der Waals surface area (Å²) in [6, 6.07) is 70.1. The molecule has 9 aromatic carbocycles. The maximum absolute atomic E-state index is 5.59. The van der Waals surface area contributed by atoms with E-state index in [0.29, 0.717) is 5.82 Å². The zero-order valence-electron chi connectivity index (χ0n) is 31.9. The van der Waals surface area contributed by atoms with Crippen molar-refractivity contribution in [1.82, 2.24) is 9.97 Å². The van der Waals surface area contributed by atoms with Crippen LogP contribution in [-0.2, 0) is 5.41 Å². The van der Waals surface area contributed by atoms with Crippen molar-refractivity contribution in [3.8, 4) is 67.3 Å². The summed E-state index contributed by atoms with van der Waals surface area (Å²) < 4.78 is 0. The Labute approximate surface area is 332 Å². The molecule has 2 nitrogen and oxygen atoms in total. The number of hydrogen-bond acceptors (Lipinski definition) is 2. The summed E-state index contributed by atoms with van der Waals surface area (Å²) in [7, 11) is 0. The molecule has 0 fully saturated rings. The molecule has 0 radical (unpaired) electrons. The zero-order valence-corrected chi connectivity index (χ0v) is 31.9. The van der Waals surface area contributed by atoms with Gasteiger partial charge in [-0.25, -0.2) is 9.97 Å². The Hall–Kier alpha value is -7.16. The molecule has 57 heavy (non-hydrogen) atoms. The monoisotopic (exact) mass is 726 g/mol. The van der Waals surface area contributed by atoms with Crippen LogP contribution in [0.1, 0.15) is 25.0 Å². The van der Waals surface area contributed by atoms with Crippen LogP contribution in [-0.4, -0.2) is 9.97 Å². The van der Waals surface area contributed by atoms with Gasteiger partial charge in [-0.1, -0.05) is 196 Å². The molecule has 0 aliphatic heterocycles. The summed E-state index contributed by atoms with van der Waals surface area (Å²) in [6.07, 6.45) is 0. The first-order chi connectivity index (χ1) is 28.0. The van der Waals surface area contributed by atoms with Crippen LogP contribution in [0.15, 0.2) is 194 Å². The van der Waals surface area contributed by atoms with E-state index < -0.39 is 0 Å². The average Bonchev–Trinajstić information content (AvgIpc) is 3.51. The third kappa shape index (κ3) is 5.33. The molecular weight excluding hydrogens is 689 g/mol. The Bertz CT molecular complexity index is 3190. The van der Waals surface area contributed by atoms with Crippen LogP contribution in [0.25, 0.3) is 99.6 Å². The summed E-state index contributed by atoms with van der Waals surface area (Å²) in [5, 5.41) is 7.08. The lowest BCUT2D eigenvalue weighted by Gasteiger charge is -2.22. The number of nitrogens with zero attached hydrogens (tertiary/aromatic N) is 2. The van der Waals surface area contributed by atoms with Crippen LogP contribution in [0.5, 0.6) is 0 Å². The second-order valence-corrected chi connectivity index (χ2v) is 15.7. The van der Waals surface area contributed by atoms with E-state index in [1.54, 1.807) is 0 Å². The molecule has 0 atom stereocenters. The van der Waals surface area contributed by atoms with Gasteiger partial charge in [-0.05, 0) is 89.0 Å². The molecule has 1 aliphatic carbocycles. The van der Waals surface area contributed by atoms with Crippen molar-refractivity contribution >= 4 is 32.3 Å². The standard InChI is InChI=1S/C55H38N2/c1-55(2)48-25-13-12-23-46(48)52-44(24-14-26-49(52)55)42-21-10-11-22-43(42)51-34-50(38-29-27-36(28-30-38)35-15-4-3-5-16-35)56-54(57-51)53-41-20-9-7-18-39(41)33-47-40-19-8-6-17-37(40)31-32-45(47)53/h3-34H,1-2H3. The van der Waals surface area contributed by atoms with Gasteiger partial charge in [0.15, 0.2) is 5.82 Å². The minimum atomic E-state index is -0.0996. The first-order valence-electron chi connectivity index (χ1n) is 19.7. The fourth-order valence-electron chi connectivity index (χ4n) is 9.29. The van der Waals surface area contributed by atoms with E-state index in [9.17, 15) is 0 Å². The Morgan fingerprint density at radius 1 is 0.333 bits per heavy atom. The van der Waals surface area contributed by atoms with Crippen molar-refractivity contribution in [2.45, 2.75) is 19.3 Å². The smallest absolute Gasteiger partial charge is 0.161 e. The second kappa shape index (κ2) is 13.0. The number of hydrogen-bond donors (Lipinski definition) is 0. The van der Waals surface area contributed by atoms with E-state index in [0.717, 1.165) is 44.4 Å².